The molecule has 1 N–H and O–H groups in total. The maximum absolute atomic E-state index is 4.74. The second-order valence-corrected chi connectivity index (χ2v) is 4.82. The summed E-state index contributed by atoms with van der Waals surface area (Å²) >= 11 is 0. The third-order valence-corrected chi connectivity index (χ3v) is 3.52. The fourth-order valence-electron chi connectivity index (χ4n) is 2.55. The SMILES string of the molecule is CCc1nc(Cc2ccncc2)nc2c1CCNC2. The first-order valence-corrected chi connectivity index (χ1v) is 6.84. The van der Waals surface area contributed by atoms with Crippen molar-refractivity contribution < 1.29 is 0 Å². The van der Waals surface area contributed by atoms with Crippen LogP contribution >= 0.6 is 0 Å². The van der Waals surface area contributed by atoms with Crippen LogP contribution in [0.25, 0.3) is 0 Å². The van der Waals surface area contributed by atoms with Crippen LogP contribution in [-0.4, -0.2) is 21.5 Å². The molecular weight excluding hydrogens is 236 g/mol. The summed E-state index contributed by atoms with van der Waals surface area (Å²) in [6.07, 6.45) is 6.44. The summed E-state index contributed by atoms with van der Waals surface area (Å²) in [7, 11) is 0. The highest BCUT2D eigenvalue weighted by molar-refractivity contribution is 5.29. The van der Waals surface area contributed by atoms with E-state index in [1.165, 1.54) is 22.5 Å². The molecule has 0 fully saturated rings. The summed E-state index contributed by atoms with van der Waals surface area (Å²) in [5.41, 5.74) is 4.97. The molecule has 0 saturated heterocycles. The first-order chi connectivity index (χ1) is 9.36. The molecule has 0 unspecified atom stereocenters. The predicted molar refractivity (Wildman–Crippen MR) is 73.9 cm³/mol. The molecule has 3 heterocycles. The monoisotopic (exact) mass is 254 g/mol. The molecule has 2 aromatic heterocycles. The molecule has 4 nitrogen and oxygen atoms in total. The van der Waals surface area contributed by atoms with Crippen molar-refractivity contribution in [3.8, 4) is 0 Å². The van der Waals surface area contributed by atoms with Gasteiger partial charge in [-0.2, -0.15) is 0 Å². The quantitative estimate of drug-likeness (QED) is 0.905. The van der Waals surface area contributed by atoms with Gasteiger partial charge in [0, 0.05) is 31.1 Å². The zero-order chi connectivity index (χ0) is 13.1. The molecule has 0 aliphatic carbocycles. The van der Waals surface area contributed by atoms with Crippen LogP contribution in [0.15, 0.2) is 24.5 Å². The number of aromatic nitrogens is 3. The van der Waals surface area contributed by atoms with Crippen LogP contribution in [0, 0.1) is 0 Å². The highest BCUT2D eigenvalue weighted by Crippen LogP contribution is 2.17. The van der Waals surface area contributed by atoms with E-state index in [-0.39, 0.29) is 0 Å². The lowest BCUT2D eigenvalue weighted by atomic mass is 10.0. The van der Waals surface area contributed by atoms with E-state index in [4.69, 9.17) is 9.97 Å². The largest absolute Gasteiger partial charge is 0.311 e. The van der Waals surface area contributed by atoms with Gasteiger partial charge in [0.05, 0.1) is 5.69 Å². The lowest BCUT2D eigenvalue weighted by Crippen LogP contribution is -2.27. The highest BCUT2D eigenvalue weighted by atomic mass is 15.0. The Labute approximate surface area is 113 Å². The number of rotatable bonds is 3. The maximum Gasteiger partial charge on any atom is 0.133 e. The molecule has 0 spiro atoms. The first-order valence-electron chi connectivity index (χ1n) is 6.84. The molecule has 0 radical (unpaired) electrons. The highest BCUT2D eigenvalue weighted by Gasteiger charge is 2.16. The van der Waals surface area contributed by atoms with Gasteiger partial charge in [0.25, 0.3) is 0 Å². The summed E-state index contributed by atoms with van der Waals surface area (Å²) in [4.78, 5) is 13.5. The molecule has 3 rings (SSSR count). The Hall–Kier alpha value is -1.81. The fourth-order valence-corrected chi connectivity index (χ4v) is 2.55. The number of pyridine rings is 1. The minimum absolute atomic E-state index is 0.781. The Kier molecular flexibility index (Phi) is 3.51. The number of aryl methyl sites for hydroxylation is 1. The van der Waals surface area contributed by atoms with Gasteiger partial charge in [-0.25, -0.2) is 9.97 Å². The number of nitrogens with one attached hydrogen (secondary N) is 1. The predicted octanol–water partition coefficient (Wildman–Crippen LogP) is 1.67. The van der Waals surface area contributed by atoms with Crippen molar-refractivity contribution in [2.24, 2.45) is 0 Å². The minimum Gasteiger partial charge on any atom is -0.311 e. The van der Waals surface area contributed by atoms with Crippen molar-refractivity contribution >= 4 is 0 Å². The van der Waals surface area contributed by atoms with Crippen molar-refractivity contribution in [1.82, 2.24) is 20.3 Å². The van der Waals surface area contributed by atoms with Gasteiger partial charge in [-0.15, -0.1) is 0 Å². The smallest absolute Gasteiger partial charge is 0.133 e. The van der Waals surface area contributed by atoms with Crippen LogP contribution in [0.1, 0.15) is 35.3 Å². The second-order valence-electron chi connectivity index (χ2n) is 4.82. The molecule has 2 aromatic rings. The van der Waals surface area contributed by atoms with E-state index in [1.54, 1.807) is 0 Å². The molecule has 0 bridgehead atoms. The number of hydrogen-bond acceptors (Lipinski definition) is 4. The molecule has 98 valence electrons. The van der Waals surface area contributed by atoms with Crippen LogP contribution in [0.2, 0.25) is 0 Å². The van der Waals surface area contributed by atoms with E-state index in [9.17, 15) is 0 Å². The van der Waals surface area contributed by atoms with E-state index >= 15 is 0 Å². The van der Waals surface area contributed by atoms with Crippen molar-refractivity contribution in [3.05, 3.63) is 52.9 Å². The summed E-state index contributed by atoms with van der Waals surface area (Å²) in [6, 6.07) is 4.04. The van der Waals surface area contributed by atoms with Crippen molar-refractivity contribution in [2.75, 3.05) is 6.54 Å². The van der Waals surface area contributed by atoms with Gasteiger partial charge < -0.3 is 5.32 Å². The lowest BCUT2D eigenvalue weighted by Gasteiger charge is -2.19. The fraction of sp³-hybridized carbons (Fsp3) is 0.400. The molecule has 0 atom stereocenters. The number of hydrogen-bond donors (Lipinski definition) is 1. The van der Waals surface area contributed by atoms with E-state index in [2.05, 4.69) is 17.2 Å². The van der Waals surface area contributed by atoms with Crippen molar-refractivity contribution in [3.63, 3.8) is 0 Å². The minimum atomic E-state index is 0.781. The Morgan fingerprint density at radius 2 is 2.05 bits per heavy atom. The summed E-state index contributed by atoms with van der Waals surface area (Å²) in [6.45, 7) is 4.07. The zero-order valence-corrected chi connectivity index (χ0v) is 11.2. The topological polar surface area (TPSA) is 50.7 Å². The Morgan fingerprint density at radius 3 is 2.84 bits per heavy atom. The summed E-state index contributed by atoms with van der Waals surface area (Å²) in [5.74, 6) is 0.922. The van der Waals surface area contributed by atoms with Crippen LogP contribution in [0.3, 0.4) is 0 Å². The van der Waals surface area contributed by atoms with Gasteiger partial charge in [-0.05, 0) is 42.6 Å². The first kappa shape index (κ1) is 12.2. The Bertz CT molecular complexity index is 549. The van der Waals surface area contributed by atoms with Crippen LogP contribution < -0.4 is 5.32 Å². The lowest BCUT2D eigenvalue weighted by molar-refractivity contribution is 0.610. The van der Waals surface area contributed by atoms with Crippen molar-refractivity contribution in [1.29, 1.82) is 0 Å². The molecule has 0 amide bonds. The average Bonchev–Trinajstić information content (AvgIpc) is 2.47. The molecule has 0 saturated carbocycles. The van der Waals surface area contributed by atoms with Gasteiger partial charge in [-0.3, -0.25) is 4.98 Å². The van der Waals surface area contributed by atoms with Crippen LogP contribution in [-0.2, 0) is 25.8 Å². The standard InChI is InChI=1S/C15H18N4/c1-2-13-12-5-8-17-10-14(12)19-15(18-13)9-11-3-6-16-7-4-11/h3-4,6-7,17H,2,5,8-10H2,1H3. The van der Waals surface area contributed by atoms with Gasteiger partial charge in [0.2, 0.25) is 0 Å². The van der Waals surface area contributed by atoms with E-state index < -0.39 is 0 Å². The molecule has 1 aliphatic rings. The maximum atomic E-state index is 4.74. The van der Waals surface area contributed by atoms with Gasteiger partial charge in [0.1, 0.15) is 5.82 Å². The van der Waals surface area contributed by atoms with E-state index in [0.717, 1.165) is 38.2 Å². The molecule has 1 aliphatic heterocycles. The van der Waals surface area contributed by atoms with Crippen LogP contribution in [0.5, 0.6) is 0 Å². The molecular formula is C15H18N4. The van der Waals surface area contributed by atoms with Gasteiger partial charge >= 0.3 is 0 Å². The third kappa shape index (κ3) is 2.63. The van der Waals surface area contributed by atoms with Gasteiger partial charge in [0.15, 0.2) is 0 Å². The zero-order valence-electron chi connectivity index (χ0n) is 11.2. The van der Waals surface area contributed by atoms with Gasteiger partial charge in [-0.1, -0.05) is 6.92 Å². The number of fused-ring (bicyclic) bond motifs is 1. The Balaban J connectivity index is 1.94. The third-order valence-electron chi connectivity index (χ3n) is 3.52. The second kappa shape index (κ2) is 5.45. The molecule has 19 heavy (non-hydrogen) atoms. The summed E-state index contributed by atoms with van der Waals surface area (Å²) in [5, 5.41) is 3.38. The normalized spacial score (nSPS) is 14.2. The number of nitrogens with zero attached hydrogens (tertiary/aromatic N) is 3. The van der Waals surface area contributed by atoms with E-state index in [0.29, 0.717) is 0 Å². The summed E-state index contributed by atoms with van der Waals surface area (Å²) < 4.78 is 0. The molecule has 0 aromatic carbocycles. The van der Waals surface area contributed by atoms with E-state index in [1.807, 2.05) is 24.5 Å². The average molecular weight is 254 g/mol. The molecule has 4 heteroatoms. The Morgan fingerprint density at radius 1 is 1.21 bits per heavy atom. The van der Waals surface area contributed by atoms with Crippen molar-refractivity contribution in [2.45, 2.75) is 32.7 Å². The van der Waals surface area contributed by atoms with Crippen LogP contribution in [0.4, 0.5) is 0 Å².